The summed E-state index contributed by atoms with van der Waals surface area (Å²) in [6, 6.07) is 8.27. The third-order valence-electron chi connectivity index (χ3n) is 4.87. The number of hydrogen-bond acceptors (Lipinski definition) is 3. The molecule has 0 atom stereocenters. The molecule has 0 spiro atoms. The summed E-state index contributed by atoms with van der Waals surface area (Å²) < 4.78 is 5.27. The van der Waals surface area contributed by atoms with E-state index in [2.05, 4.69) is 35.8 Å². The zero-order valence-corrected chi connectivity index (χ0v) is 14.8. The van der Waals surface area contributed by atoms with Crippen molar-refractivity contribution in [3.8, 4) is 5.75 Å². The summed E-state index contributed by atoms with van der Waals surface area (Å²) in [5.41, 5.74) is 1.31. The van der Waals surface area contributed by atoms with Crippen LogP contribution in [0.4, 0.5) is 0 Å². The van der Waals surface area contributed by atoms with Gasteiger partial charge in [0.2, 0.25) is 5.91 Å². The maximum Gasteiger partial charge on any atom is 0.225 e. The van der Waals surface area contributed by atoms with Crippen LogP contribution in [0.15, 0.2) is 24.3 Å². The normalized spacial score (nSPS) is 15.9. The van der Waals surface area contributed by atoms with Gasteiger partial charge in [0.1, 0.15) is 5.75 Å². The minimum Gasteiger partial charge on any atom is -0.497 e. The van der Waals surface area contributed by atoms with Gasteiger partial charge >= 0.3 is 0 Å². The van der Waals surface area contributed by atoms with Gasteiger partial charge in [0.15, 0.2) is 0 Å². The summed E-state index contributed by atoms with van der Waals surface area (Å²) in [6.45, 7) is 8.96. The Bertz CT molecular complexity index is 492. The second kappa shape index (κ2) is 8.92. The number of piperazine rings is 1. The number of hydrogen-bond donors (Lipinski definition) is 0. The summed E-state index contributed by atoms with van der Waals surface area (Å²) in [7, 11) is 1.70. The first-order chi connectivity index (χ1) is 11.2. The molecule has 1 aliphatic heterocycles. The van der Waals surface area contributed by atoms with Crippen LogP contribution in [0.5, 0.6) is 5.75 Å². The smallest absolute Gasteiger partial charge is 0.225 e. The molecule has 1 aromatic carbocycles. The van der Waals surface area contributed by atoms with E-state index in [4.69, 9.17) is 4.74 Å². The molecule has 1 fully saturated rings. The maximum atomic E-state index is 12.4. The van der Waals surface area contributed by atoms with E-state index in [0.29, 0.717) is 5.91 Å². The summed E-state index contributed by atoms with van der Waals surface area (Å²) in [5, 5.41) is 0. The van der Waals surface area contributed by atoms with E-state index < -0.39 is 0 Å². The van der Waals surface area contributed by atoms with E-state index in [9.17, 15) is 4.79 Å². The third kappa shape index (κ3) is 4.96. The molecule has 0 N–H and O–H groups in total. The summed E-state index contributed by atoms with van der Waals surface area (Å²) in [4.78, 5) is 16.9. The molecule has 128 valence electrons. The molecule has 1 saturated heterocycles. The third-order valence-corrected chi connectivity index (χ3v) is 4.87. The quantitative estimate of drug-likeness (QED) is 0.775. The van der Waals surface area contributed by atoms with E-state index >= 15 is 0 Å². The molecule has 1 amide bonds. The Balaban J connectivity index is 1.77. The van der Waals surface area contributed by atoms with Crippen LogP contribution in [-0.4, -0.2) is 55.5 Å². The maximum absolute atomic E-state index is 12.4. The molecule has 0 unspecified atom stereocenters. The Morgan fingerprint density at radius 2 is 1.87 bits per heavy atom. The van der Waals surface area contributed by atoms with Crippen LogP contribution in [0.3, 0.4) is 0 Å². The van der Waals surface area contributed by atoms with E-state index in [1.807, 2.05) is 12.1 Å². The molecular weight excluding hydrogens is 288 g/mol. The second-order valence-electron chi connectivity index (χ2n) is 6.28. The predicted molar refractivity (Wildman–Crippen MR) is 93.8 cm³/mol. The average Bonchev–Trinajstić information content (AvgIpc) is 2.61. The number of carbonyl (C=O) groups is 1. The van der Waals surface area contributed by atoms with E-state index in [1.165, 1.54) is 5.56 Å². The number of rotatable bonds is 7. The number of ether oxygens (including phenoxy) is 1. The monoisotopic (exact) mass is 318 g/mol. The Hall–Kier alpha value is -1.55. The summed E-state index contributed by atoms with van der Waals surface area (Å²) in [6.07, 6.45) is 2.93. The highest BCUT2D eigenvalue weighted by atomic mass is 16.5. The lowest BCUT2D eigenvalue weighted by atomic mass is 10.0. The Labute approximate surface area is 140 Å². The Kier molecular flexibility index (Phi) is 6.90. The van der Waals surface area contributed by atoms with Gasteiger partial charge in [0, 0.05) is 38.6 Å². The van der Waals surface area contributed by atoms with Gasteiger partial charge < -0.3 is 9.64 Å². The van der Waals surface area contributed by atoms with E-state index in [0.717, 1.165) is 57.7 Å². The number of benzene rings is 1. The molecule has 0 aliphatic carbocycles. The molecule has 0 bridgehead atoms. The lowest BCUT2D eigenvalue weighted by Crippen LogP contribution is -2.50. The molecule has 4 heteroatoms. The molecule has 2 rings (SSSR count). The van der Waals surface area contributed by atoms with E-state index in [-0.39, 0.29) is 5.92 Å². The highest BCUT2D eigenvalue weighted by Crippen LogP contribution is 2.16. The second-order valence-corrected chi connectivity index (χ2v) is 6.28. The van der Waals surface area contributed by atoms with Crippen LogP contribution in [0.1, 0.15) is 32.3 Å². The zero-order chi connectivity index (χ0) is 16.7. The first-order valence-corrected chi connectivity index (χ1v) is 8.82. The van der Waals surface area contributed by atoms with Crippen molar-refractivity contribution in [2.24, 2.45) is 5.92 Å². The highest BCUT2D eigenvalue weighted by Gasteiger charge is 2.25. The van der Waals surface area contributed by atoms with Crippen LogP contribution >= 0.6 is 0 Å². The number of carbonyl (C=O) groups excluding carboxylic acids is 1. The van der Waals surface area contributed by atoms with Crippen LogP contribution in [-0.2, 0) is 11.2 Å². The van der Waals surface area contributed by atoms with Crippen molar-refractivity contribution in [3.05, 3.63) is 29.8 Å². The molecule has 1 heterocycles. The van der Waals surface area contributed by atoms with Crippen molar-refractivity contribution in [2.45, 2.75) is 33.1 Å². The fourth-order valence-electron chi connectivity index (χ4n) is 3.20. The molecule has 1 aliphatic rings. The fourth-order valence-corrected chi connectivity index (χ4v) is 3.20. The molecule has 0 radical (unpaired) electrons. The van der Waals surface area contributed by atoms with Gasteiger partial charge in [-0.25, -0.2) is 0 Å². The Morgan fingerprint density at radius 3 is 2.48 bits per heavy atom. The number of methoxy groups -OCH3 is 1. The molecule has 0 aromatic heterocycles. The van der Waals surface area contributed by atoms with Gasteiger partial charge in [-0.05, 0) is 37.0 Å². The molecule has 23 heavy (non-hydrogen) atoms. The number of nitrogens with zero attached hydrogens (tertiary/aromatic N) is 2. The van der Waals surface area contributed by atoms with Crippen molar-refractivity contribution >= 4 is 5.91 Å². The van der Waals surface area contributed by atoms with Crippen molar-refractivity contribution < 1.29 is 9.53 Å². The van der Waals surface area contributed by atoms with Gasteiger partial charge in [0.25, 0.3) is 0 Å². The van der Waals surface area contributed by atoms with Crippen molar-refractivity contribution in [2.75, 3.05) is 39.8 Å². The lowest BCUT2D eigenvalue weighted by Gasteiger charge is -2.36. The Morgan fingerprint density at radius 1 is 1.17 bits per heavy atom. The van der Waals surface area contributed by atoms with Crippen LogP contribution in [0.2, 0.25) is 0 Å². The fraction of sp³-hybridized carbons (Fsp3) is 0.632. The van der Waals surface area contributed by atoms with Crippen LogP contribution in [0, 0.1) is 5.92 Å². The van der Waals surface area contributed by atoms with Gasteiger partial charge in [0.05, 0.1) is 7.11 Å². The SMILES string of the molecule is CCC(CC)C(=O)N1CCN(CCc2cccc(OC)c2)CC1. The van der Waals surface area contributed by atoms with Gasteiger partial charge in [-0.3, -0.25) is 9.69 Å². The average molecular weight is 318 g/mol. The first kappa shape index (κ1) is 17.8. The minimum absolute atomic E-state index is 0.207. The zero-order valence-electron chi connectivity index (χ0n) is 14.8. The largest absolute Gasteiger partial charge is 0.497 e. The molecule has 1 aromatic rings. The minimum atomic E-state index is 0.207. The summed E-state index contributed by atoms with van der Waals surface area (Å²) >= 11 is 0. The van der Waals surface area contributed by atoms with Crippen molar-refractivity contribution in [3.63, 3.8) is 0 Å². The highest BCUT2D eigenvalue weighted by molar-refractivity contribution is 5.78. The molecule has 4 nitrogen and oxygen atoms in total. The van der Waals surface area contributed by atoms with E-state index in [1.54, 1.807) is 7.11 Å². The lowest BCUT2D eigenvalue weighted by molar-refractivity contribution is -0.137. The topological polar surface area (TPSA) is 32.8 Å². The van der Waals surface area contributed by atoms with Crippen molar-refractivity contribution in [1.29, 1.82) is 0 Å². The van der Waals surface area contributed by atoms with Crippen LogP contribution < -0.4 is 4.74 Å². The number of amides is 1. The molecule has 0 saturated carbocycles. The van der Waals surface area contributed by atoms with Crippen LogP contribution in [0.25, 0.3) is 0 Å². The van der Waals surface area contributed by atoms with Gasteiger partial charge in [-0.1, -0.05) is 26.0 Å². The van der Waals surface area contributed by atoms with Gasteiger partial charge in [-0.15, -0.1) is 0 Å². The first-order valence-electron chi connectivity index (χ1n) is 8.82. The van der Waals surface area contributed by atoms with Gasteiger partial charge in [-0.2, -0.15) is 0 Å². The summed E-state index contributed by atoms with van der Waals surface area (Å²) in [5.74, 6) is 1.48. The van der Waals surface area contributed by atoms with Crippen molar-refractivity contribution in [1.82, 2.24) is 9.80 Å². The standard InChI is InChI=1S/C19H30N2O2/c1-4-17(5-2)19(22)21-13-11-20(12-14-21)10-9-16-7-6-8-18(15-16)23-3/h6-8,15,17H,4-5,9-14H2,1-3H3. The predicted octanol–water partition coefficient (Wildman–Crippen LogP) is 2.82. The molecular formula is C19H30N2O2.